The van der Waals surface area contributed by atoms with Gasteiger partial charge in [-0.1, -0.05) is 6.07 Å². The molecule has 2 heterocycles. The average Bonchev–Trinajstić information content (AvgIpc) is 3.11. The lowest BCUT2D eigenvalue weighted by Crippen LogP contribution is -2.62. The molecule has 4 rings (SSSR count). The molecule has 1 spiro atoms. The SMILES string of the molecule is CO[C@@H]1C[C@H](O)C12CCN(C(=O)c1cccc(N3CCNC3=O)c1)CC2. The molecule has 2 saturated heterocycles. The van der Waals surface area contributed by atoms with Gasteiger partial charge in [0.25, 0.3) is 5.91 Å². The summed E-state index contributed by atoms with van der Waals surface area (Å²) in [4.78, 5) is 28.2. The minimum absolute atomic E-state index is 0.0240. The zero-order chi connectivity index (χ0) is 18.3. The van der Waals surface area contributed by atoms with E-state index in [0.717, 1.165) is 18.5 Å². The van der Waals surface area contributed by atoms with Crippen molar-refractivity contribution in [3.63, 3.8) is 0 Å². The minimum Gasteiger partial charge on any atom is -0.392 e. The van der Waals surface area contributed by atoms with Gasteiger partial charge in [0, 0.05) is 56.4 Å². The summed E-state index contributed by atoms with van der Waals surface area (Å²) in [6.07, 6.45) is 1.96. The third-order valence-corrected chi connectivity index (χ3v) is 6.27. The van der Waals surface area contributed by atoms with Crippen molar-refractivity contribution in [2.24, 2.45) is 5.41 Å². The van der Waals surface area contributed by atoms with Crippen LogP contribution in [0, 0.1) is 5.41 Å². The van der Waals surface area contributed by atoms with Gasteiger partial charge >= 0.3 is 6.03 Å². The van der Waals surface area contributed by atoms with E-state index in [1.54, 1.807) is 24.1 Å². The molecular formula is C19H25N3O4. The number of urea groups is 1. The minimum atomic E-state index is -0.332. The molecule has 1 aliphatic carbocycles. The number of ether oxygens (including phenoxy) is 1. The Morgan fingerprint density at radius 2 is 2.08 bits per heavy atom. The number of carbonyl (C=O) groups excluding carboxylic acids is 2. The van der Waals surface area contributed by atoms with Crippen LogP contribution in [0.2, 0.25) is 0 Å². The summed E-state index contributed by atoms with van der Waals surface area (Å²) in [6, 6.07) is 7.12. The molecule has 1 aromatic rings. The maximum atomic E-state index is 12.9. The predicted molar refractivity (Wildman–Crippen MR) is 96.2 cm³/mol. The van der Waals surface area contributed by atoms with E-state index < -0.39 is 0 Å². The molecule has 7 nitrogen and oxygen atoms in total. The van der Waals surface area contributed by atoms with E-state index in [4.69, 9.17) is 4.74 Å². The Balaban J connectivity index is 1.45. The number of rotatable bonds is 3. The first-order valence-electron chi connectivity index (χ1n) is 9.21. The van der Waals surface area contributed by atoms with E-state index in [0.29, 0.717) is 38.2 Å². The number of methoxy groups -OCH3 is 1. The first-order chi connectivity index (χ1) is 12.5. The predicted octanol–water partition coefficient (Wildman–Crippen LogP) is 1.22. The van der Waals surface area contributed by atoms with Crippen molar-refractivity contribution in [2.75, 3.05) is 38.2 Å². The summed E-state index contributed by atoms with van der Waals surface area (Å²) in [6.45, 7) is 2.46. The van der Waals surface area contributed by atoms with Crippen molar-refractivity contribution < 1.29 is 19.4 Å². The third-order valence-electron chi connectivity index (χ3n) is 6.27. The highest BCUT2D eigenvalue weighted by Crippen LogP contribution is 2.50. The van der Waals surface area contributed by atoms with Crippen molar-refractivity contribution >= 4 is 17.6 Å². The number of nitrogens with zero attached hydrogens (tertiary/aromatic N) is 2. The number of amides is 3. The second kappa shape index (κ2) is 6.55. The fraction of sp³-hybridized carbons (Fsp3) is 0.579. The van der Waals surface area contributed by atoms with Gasteiger partial charge in [0.2, 0.25) is 0 Å². The molecule has 3 fully saturated rings. The molecule has 1 aromatic carbocycles. The normalized spacial score (nSPS) is 27.4. The van der Waals surface area contributed by atoms with Crippen molar-refractivity contribution in [2.45, 2.75) is 31.5 Å². The molecule has 1 saturated carbocycles. The quantitative estimate of drug-likeness (QED) is 0.850. The van der Waals surface area contributed by atoms with Crippen LogP contribution in [-0.2, 0) is 4.74 Å². The Kier molecular flexibility index (Phi) is 4.36. The van der Waals surface area contributed by atoms with Gasteiger partial charge in [-0.15, -0.1) is 0 Å². The summed E-state index contributed by atoms with van der Waals surface area (Å²) in [5.74, 6) is -0.0240. The Morgan fingerprint density at radius 3 is 2.69 bits per heavy atom. The molecule has 0 radical (unpaired) electrons. The number of nitrogens with one attached hydrogen (secondary N) is 1. The first kappa shape index (κ1) is 17.3. The summed E-state index contributed by atoms with van der Waals surface area (Å²) >= 11 is 0. The van der Waals surface area contributed by atoms with Crippen LogP contribution in [-0.4, -0.2) is 67.4 Å². The van der Waals surface area contributed by atoms with Crippen LogP contribution in [0.15, 0.2) is 24.3 Å². The Bertz CT molecular complexity index is 714. The average molecular weight is 359 g/mol. The largest absolute Gasteiger partial charge is 0.392 e. The molecular weight excluding hydrogens is 334 g/mol. The van der Waals surface area contributed by atoms with Crippen molar-refractivity contribution in [1.29, 1.82) is 0 Å². The molecule has 26 heavy (non-hydrogen) atoms. The van der Waals surface area contributed by atoms with Crippen LogP contribution in [0.5, 0.6) is 0 Å². The highest BCUT2D eigenvalue weighted by Gasteiger charge is 2.56. The zero-order valence-corrected chi connectivity index (χ0v) is 15.0. The van der Waals surface area contributed by atoms with Crippen LogP contribution < -0.4 is 10.2 Å². The second-order valence-electron chi connectivity index (χ2n) is 7.44. The van der Waals surface area contributed by atoms with E-state index in [9.17, 15) is 14.7 Å². The van der Waals surface area contributed by atoms with Crippen molar-refractivity contribution in [1.82, 2.24) is 10.2 Å². The number of hydrogen-bond donors (Lipinski definition) is 2. The molecule has 0 unspecified atom stereocenters. The fourth-order valence-electron chi connectivity index (χ4n) is 4.55. The van der Waals surface area contributed by atoms with E-state index in [1.807, 2.05) is 17.0 Å². The molecule has 2 atom stereocenters. The smallest absolute Gasteiger partial charge is 0.321 e. The van der Waals surface area contributed by atoms with Gasteiger partial charge in [-0.05, 0) is 31.0 Å². The Labute approximate surface area is 152 Å². The molecule has 2 aliphatic heterocycles. The number of aliphatic hydroxyl groups excluding tert-OH is 1. The standard InChI is InChI=1S/C19H25N3O4/c1-26-16-12-15(23)19(16)5-8-21(9-6-19)17(24)13-3-2-4-14(11-13)22-10-7-20-18(22)25/h2-4,11,15-16,23H,5-10,12H2,1H3,(H,20,25)/t15-,16+/m0/s1. The summed E-state index contributed by atoms with van der Waals surface area (Å²) in [7, 11) is 1.69. The lowest BCUT2D eigenvalue weighted by atomic mass is 9.58. The van der Waals surface area contributed by atoms with Crippen molar-refractivity contribution in [3.05, 3.63) is 29.8 Å². The summed E-state index contributed by atoms with van der Waals surface area (Å²) in [5, 5.41) is 13.0. The second-order valence-corrected chi connectivity index (χ2v) is 7.44. The number of piperidine rings is 1. The Morgan fingerprint density at radius 1 is 1.31 bits per heavy atom. The third kappa shape index (κ3) is 2.66. The van der Waals surface area contributed by atoms with E-state index in [2.05, 4.69) is 5.32 Å². The van der Waals surface area contributed by atoms with Crippen LogP contribution in [0.1, 0.15) is 29.6 Å². The van der Waals surface area contributed by atoms with Crippen LogP contribution in [0.3, 0.4) is 0 Å². The van der Waals surface area contributed by atoms with Gasteiger partial charge in [0.1, 0.15) is 0 Å². The van der Waals surface area contributed by atoms with Gasteiger partial charge < -0.3 is 20.1 Å². The van der Waals surface area contributed by atoms with Gasteiger partial charge in [0.05, 0.1) is 12.2 Å². The molecule has 2 N–H and O–H groups in total. The Hall–Kier alpha value is -2.12. The molecule has 0 bridgehead atoms. The number of benzene rings is 1. The van der Waals surface area contributed by atoms with Gasteiger partial charge in [-0.2, -0.15) is 0 Å². The maximum absolute atomic E-state index is 12.9. The molecule has 140 valence electrons. The summed E-state index contributed by atoms with van der Waals surface area (Å²) in [5.41, 5.74) is 1.14. The van der Waals surface area contributed by atoms with Gasteiger partial charge in [-0.3, -0.25) is 9.69 Å². The first-order valence-corrected chi connectivity index (χ1v) is 9.21. The lowest BCUT2D eigenvalue weighted by Gasteiger charge is -2.56. The molecule has 3 aliphatic rings. The number of likely N-dealkylation sites (tertiary alicyclic amines) is 1. The number of anilines is 1. The molecule has 7 heteroatoms. The lowest BCUT2D eigenvalue weighted by molar-refractivity contribution is -0.199. The maximum Gasteiger partial charge on any atom is 0.321 e. The molecule has 0 aromatic heterocycles. The fourth-order valence-corrected chi connectivity index (χ4v) is 4.55. The van der Waals surface area contributed by atoms with Crippen molar-refractivity contribution in [3.8, 4) is 0 Å². The van der Waals surface area contributed by atoms with E-state index in [1.165, 1.54) is 0 Å². The van der Waals surface area contributed by atoms with Crippen LogP contribution >= 0.6 is 0 Å². The number of carbonyl (C=O) groups is 2. The van der Waals surface area contributed by atoms with Crippen LogP contribution in [0.4, 0.5) is 10.5 Å². The highest BCUT2D eigenvalue weighted by molar-refractivity contribution is 5.98. The number of aliphatic hydroxyl groups is 1. The number of hydrogen-bond acceptors (Lipinski definition) is 4. The highest BCUT2D eigenvalue weighted by atomic mass is 16.5. The topological polar surface area (TPSA) is 82.1 Å². The molecule has 3 amide bonds. The van der Waals surface area contributed by atoms with E-state index in [-0.39, 0.29) is 29.6 Å². The van der Waals surface area contributed by atoms with E-state index >= 15 is 0 Å². The van der Waals surface area contributed by atoms with Gasteiger partial charge in [-0.25, -0.2) is 4.79 Å². The van der Waals surface area contributed by atoms with Gasteiger partial charge in [0.15, 0.2) is 0 Å². The monoisotopic (exact) mass is 359 g/mol. The summed E-state index contributed by atoms with van der Waals surface area (Å²) < 4.78 is 5.51. The zero-order valence-electron chi connectivity index (χ0n) is 15.0. The van der Waals surface area contributed by atoms with Crippen LogP contribution in [0.25, 0.3) is 0 Å².